The van der Waals surface area contributed by atoms with Gasteiger partial charge in [-0.2, -0.15) is 25.9 Å². The molecule has 1 N–H and O–H groups in total. The van der Waals surface area contributed by atoms with Gasteiger partial charge in [-0.15, -0.1) is 0 Å². The van der Waals surface area contributed by atoms with E-state index in [1.165, 1.54) is 44.4 Å². The molecule has 0 atom stereocenters. The third kappa shape index (κ3) is 5.60. The summed E-state index contributed by atoms with van der Waals surface area (Å²) in [5.74, 6) is -0.829. The fourth-order valence-electron chi connectivity index (χ4n) is 2.00. The van der Waals surface area contributed by atoms with Crippen LogP contribution in [-0.2, 0) is 23.0 Å². The van der Waals surface area contributed by atoms with Gasteiger partial charge in [-0.3, -0.25) is 4.79 Å². The average Bonchev–Trinajstić information content (AvgIpc) is 2.60. The molecule has 152 valence electrons. The Bertz CT molecular complexity index is 961. The van der Waals surface area contributed by atoms with E-state index in [1.54, 1.807) is 0 Å². The standard InChI is InChI=1S/C17H16ClF3N2O4S/c1-23(2)28(25,26)22-16(24)12-5-3-11(4-6-12)10-27-13-7-8-15(18)14(9-13)17(19,20)21/h3-9H,10H2,1-2H3,(H,22,24). The van der Waals surface area contributed by atoms with Crippen LogP contribution in [0.1, 0.15) is 21.5 Å². The molecule has 0 aliphatic carbocycles. The molecule has 1 amide bonds. The lowest BCUT2D eigenvalue weighted by atomic mass is 10.1. The second-order valence-electron chi connectivity index (χ2n) is 5.84. The van der Waals surface area contributed by atoms with E-state index in [1.807, 2.05) is 4.72 Å². The van der Waals surface area contributed by atoms with Crippen LogP contribution in [0.2, 0.25) is 5.02 Å². The molecule has 28 heavy (non-hydrogen) atoms. The van der Waals surface area contributed by atoms with Gasteiger partial charge >= 0.3 is 16.4 Å². The molecule has 0 fully saturated rings. The highest BCUT2D eigenvalue weighted by Gasteiger charge is 2.33. The maximum Gasteiger partial charge on any atom is 0.417 e. The number of benzene rings is 2. The number of nitrogens with zero attached hydrogens (tertiary/aromatic N) is 1. The van der Waals surface area contributed by atoms with E-state index in [2.05, 4.69) is 0 Å². The number of nitrogens with one attached hydrogen (secondary N) is 1. The molecule has 11 heteroatoms. The first kappa shape index (κ1) is 22.0. The number of ether oxygens (including phenoxy) is 1. The predicted molar refractivity (Wildman–Crippen MR) is 97.3 cm³/mol. The molecule has 6 nitrogen and oxygen atoms in total. The number of amides is 1. The third-order valence-corrected chi connectivity index (χ3v) is 5.30. The Morgan fingerprint density at radius 3 is 2.29 bits per heavy atom. The second kappa shape index (κ2) is 8.38. The molecule has 0 saturated heterocycles. The Balaban J connectivity index is 2.05. The number of hydrogen-bond acceptors (Lipinski definition) is 4. The summed E-state index contributed by atoms with van der Waals surface area (Å²) in [7, 11) is -1.37. The van der Waals surface area contributed by atoms with Crippen molar-refractivity contribution >= 4 is 27.7 Å². The van der Waals surface area contributed by atoms with Crippen LogP contribution in [0, 0.1) is 0 Å². The van der Waals surface area contributed by atoms with Gasteiger partial charge in [-0.1, -0.05) is 23.7 Å². The highest BCUT2D eigenvalue weighted by molar-refractivity contribution is 7.87. The lowest BCUT2D eigenvalue weighted by Gasteiger charge is -2.13. The third-order valence-electron chi connectivity index (χ3n) is 3.57. The monoisotopic (exact) mass is 436 g/mol. The molecule has 0 saturated carbocycles. The average molecular weight is 437 g/mol. The van der Waals surface area contributed by atoms with Crippen LogP contribution in [0.4, 0.5) is 13.2 Å². The molecule has 2 aromatic rings. The predicted octanol–water partition coefficient (Wildman–Crippen LogP) is 3.47. The van der Waals surface area contributed by atoms with Crippen LogP contribution in [0.5, 0.6) is 5.75 Å². The van der Waals surface area contributed by atoms with Crippen molar-refractivity contribution in [3.63, 3.8) is 0 Å². The van der Waals surface area contributed by atoms with E-state index in [0.29, 0.717) is 5.56 Å². The SMILES string of the molecule is CN(C)S(=O)(=O)NC(=O)c1ccc(COc2ccc(Cl)c(C(F)(F)F)c2)cc1. The van der Waals surface area contributed by atoms with Gasteiger partial charge in [0.15, 0.2) is 0 Å². The maximum atomic E-state index is 12.9. The Kier molecular flexibility index (Phi) is 6.58. The van der Waals surface area contributed by atoms with Crippen LogP contribution in [-0.4, -0.2) is 32.7 Å². The summed E-state index contributed by atoms with van der Waals surface area (Å²) in [6, 6.07) is 8.96. The van der Waals surface area contributed by atoms with Gasteiger partial charge in [-0.25, -0.2) is 4.72 Å². The molecule has 2 aromatic carbocycles. The molecule has 0 aromatic heterocycles. The zero-order chi connectivity index (χ0) is 21.1. The molecule has 0 aliphatic rings. The van der Waals surface area contributed by atoms with Crippen molar-refractivity contribution in [1.29, 1.82) is 0 Å². The fourth-order valence-corrected chi connectivity index (χ4v) is 2.76. The molecule has 0 unspecified atom stereocenters. The first-order chi connectivity index (χ1) is 12.9. The summed E-state index contributed by atoms with van der Waals surface area (Å²) in [5.41, 5.74) is -0.337. The molecule has 0 heterocycles. The zero-order valence-corrected chi connectivity index (χ0v) is 16.3. The largest absolute Gasteiger partial charge is 0.489 e. The van der Waals surface area contributed by atoms with E-state index in [4.69, 9.17) is 16.3 Å². The quantitative estimate of drug-likeness (QED) is 0.752. The fraction of sp³-hybridized carbons (Fsp3) is 0.235. The Morgan fingerprint density at radius 1 is 1.14 bits per heavy atom. The van der Waals surface area contributed by atoms with Gasteiger partial charge in [0.05, 0.1) is 10.6 Å². The van der Waals surface area contributed by atoms with E-state index in [0.717, 1.165) is 16.4 Å². The Hall–Kier alpha value is -2.30. The van der Waals surface area contributed by atoms with E-state index in [-0.39, 0.29) is 17.9 Å². The van der Waals surface area contributed by atoms with Gasteiger partial charge in [0.2, 0.25) is 0 Å². The van der Waals surface area contributed by atoms with Crippen molar-refractivity contribution < 1.29 is 31.1 Å². The number of carbonyl (C=O) groups excluding carboxylic acids is 1. The van der Waals surface area contributed by atoms with Crippen LogP contribution >= 0.6 is 11.6 Å². The number of rotatable bonds is 6. The lowest BCUT2D eigenvalue weighted by Crippen LogP contribution is -2.39. The first-order valence-corrected chi connectivity index (χ1v) is 9.55. The highest BCUT2D eigenvalue weighted by atomic mass is 35.5. The van der Waals surface area contributed by atoms with Crippen molar-refractivity contribution in [1.82, 2.24) is 9.03 Å². The molecular weight excluding hydrogens is 421 g/mol. The van der Waals surface area contributed by atoms with E-state index >= 15 is 0 Å². The normalized spacial score (nSPS) is 12.1. The van der Waals surface area contributed by atoms with Crippen molar-refractivity contribution in [3.05, 3.63) is 64.2 Å². The highest BCUT2D eigenvalue weighted by Crippen LogP contribution is 2.36. The van der Waals surface area contributed by atoms with Gasteiger partial charge in [-0.05, 0) is 35.9 Å². The van der Waals surface area contributed by atoms with E-state index in [9.17, 15) is 26.4 Å². The summed E-state index contributed by atoms with van der Waals surface area (Å²) in [5, 5.41) is -0.428. The first-order valence-electron chi connectivity index (χ1n) is 7.73. The lowest BCUT2D eigenvalue weighted by molar-refractivity contribution is -0.137. The summed E-state index contributed by atoms with van der Waals surface area (Å²) in [4.78, 5) is 12.0. The van der Waals surface area contributed by atoms with Crippen LogP contribution in [0.25, 0.3) is 0 Å². The summed E-state index contributed by atoms with van der Waals surface area (Å²) >= 11 is 5.55. The van der Waals surface area contributed by atoms with Crippen LogP contribution < -0.4 is 9.46 Å². The minimum Gasteiger partial charge on any atom is -0.489 e. The minimum absolute atomic E-state index is 0.0179. The molecular formula is C17H16ClF3N2O4S. The van der Waals surface area contributed by atoms with Crippen LogP contribution in [0.3, 0.4) is 0 Å². The summed E-state index contributed by atoms with van der Waals surface area (Å²) in [6.45, 7) is -0.0587. The zero-order valence-electron chi connectivity index (χ0n) is 14.7. The molecule has 0 aliphatic heterocycles. The summed E-state index contributed by atoms with van der Waals surface area (Å²) < 4.78 is 69.9. The van der Waals surface area contributed by atoms with Crippen molar-refractivity contribution in [2.75, 3.05) is 14.1 Å². The van der Waals surface area contributed by atoms with Gasteiger partial charge in [0.1, 0.15) is 12.4 Å². The number of alkyl halides is 3. The number of carbonyl (C=O) groups is 1. The number of halogens is 4. The van der Waals surface area contributed by atoms with Gasteiger partial charge in [0.25, 0.3) is 5.91 Å². The smallest absolute Gasteiger partial charge is 0.417 e. The summed E-state index contributed by atoms with van der Waals surface area (Å²) in [6.07, 6.45) is -4.60. The number of hydrogen-bond donors (Lipinski definition) is 1. The van der Waals surface area contributed by atoms with Crippen molar-refractivity contribution in [3.8, 4) is 5.75 Å². The van der Waals surface area contributed by atoms with Crippen molar-refractivity contribution in [2.24, 2.45) is 0 Å². The molecule has 2 rings (SSSR count). The van der Waals surface area contributed by atoms with Gasteiger partial charge in [0, 0.05) is 19.7 Å². The van der Waals surface area contributed by atoms with E-state index < -0.39 is 32.9 Å². The topological polar surface area (TPSA) is 75.7 Å². The Morgan fingerprint density at radius 2 is 1.75 bits per heavy atom. The van der Waals surface area contributed by atoms with Crippen molar-refractivity contribution in [2.45, 2.75) is 12.8 Å². The molecule has 0 radical (unpaired) electrons. The minimum atomic E-state index is -4.60. The molecule has 0 bridgehead atoms. The van der Waals surface area contributed by atoms with Crippen LogP contribution in [0.15, 0.2) is 42.5 Å². The van der Waals surface area contributed by atoms with Gasteiger partial charge < -0.3 is 4.74 Å². The Labute approximate surface area is 165 Å². The second-order valence-corrected chi connectivity index (χ2v) is 8.14. The molecule has 0 spiro atoms. The maximum absolute atomic E-state index is 12.9.